The van der Waals surface area contributed by atoms with Gasteiger partial charge in [0.25, 0.3) is 0 Å². The molecule has 0 aliphatic rings. The van der Waals surface area contributed by atoms with Crippen LogP contribution in [0.2, 0.25) is 0 Å². The lowest BCUT2D eigenvalue weighted by molar-refractivity contribution is 0.340. The Bertz CT molecular complexity index is 687. The summed E-state index contributed by atoms with van der Waals surface area (Å²) < 4.78 is 44.3. The lowest BCUT2D eigenvalue weighted by Crippen LogP contribution is -2.34. The van der Waals surface area contributed by atoms with Crippen molar-refractivity contribution >= 4 is 15.7 Å². The number of nitrogens with zero attached hydrogens (tertiary/aromatic N) is 1. The normalized spacial score (nSPS) is 11.2. The van der Waals surface area contributed by atoms with Crippen molar-refractivity contribution in [2.45, 2.75) is 6.92 Å². The molecule has 0 aromatic heterocycles. The molecule has 2 aromatic carbocycles. The van der Waals surface area contributed by atoms with Gasteiger partial charge in [0.15, 0.2) is 0 Å². The summed E-state index contributed by atoms with van der Waals surface area (Å²) in [4.78, 5) is 0. The summed E-state index contributed by atoms with van der Waals surface area (Å²) >= 11 is 0. The third kappa shape index (κ3) is 4.21. The van der Waals surface area contributed by atoms with Crippen molar-refractivity contribution in [3.8, 4) is 5.75 Å². The van der Waals surface area contributed by atoms with E-state index in [0.717, 1.165) is 0 Å². The van der Waals surface area contributed by atoms with Crippen LogP contribution in [0.1, 0.15) is 6.92 Å². The first kappa shape index (κ1) is 16.3. The van der Waals surface area contributed by atoms with Gasteiger partial charge in [-0.3, -0.25) is 4.31 Å². The smallest absolute Gasteiger partial charge is 0.238 e. The molecular formula is C16H18FNO3S. The van der Waals surface area contributed by atoms with Crippen LogP contribution in [0.3, 0.4) is 0 Å². The number of halogens is 1. The second kappa shape index (κ2) is 7.26. The van der Waals surface area contributed by atoms with Gasteiger partial charge in [0.2, 0.25) is 10.0 Å². The highest BCUT2D eigenvalue weighted by Gasteiger charge is 2.20. The number of benzene rings is 2. The number of hydrogen-bond acceptors (Lipinski definition) is 3. The zero-order valence-electron chi connectivity index (χ0n) is 12.3. The second-order valence-electron chi connectivity index (χ2n) is 4.62. The Morgan fingerprint density at radius 3 is 2.27 bits per heavy atom. The Balaban J connectivity index is 1.99. The first-order valence-corrected chi connectivity index (χ1v) is 8.57. The average molecular weight is 323 g/mol. The standard InChI is InChI=1S/C16H18FNO3S/c1-2-18(15-6-4-3-5-7-15)22(19,20)13-12-21-16-10-8-14(17)9-11-16/h3-11H,2,12-13H2,1H3. The molecule has 0 heterocycles. The summed E-state index contributed by atoms with van der Waals surface area (Å²) in [5, 5.41) is 0. The predicted molar refractivity (Wildman–Crippen MR) is 85.1 cm³/mol. The minimum atomic E-state index is -3.47. The summed E-state index contributed by atoms with van der Waals surface area (Å²) in [5.41, 5.74) is 0.631. The van der Waals surface area contributed by atoms with E-state index in [-0.39, 0.29) is 18.2 Å². The minimum Gasteiger partial charge on any atom is -0.492 e. The maximum absolute atomic E-state index is 12.8. The largest absolute Gasteiger partial charge is 0.492 e. The van der Waals surface area contributed by atoms with Crippen molar-refractivity contribution < 1.29 is 17.5 Å². The quantitative estimate of drug-likeness (QED) is 0.787. The molecule has 0 radical (unpaired) electrons. The molecular weight excluding hydrogens is 305 g/mol. The molecule has 0 bridgehead atoms. The third-order valence-electron chi connectivity index (χ3n) is 3.09. The van der Waals surface area contributed by atoms with Gasteiger partial charge >= 0.3 is 0 Å². The molecule has 0 unspecified atom stereocenters. The lowest BCUT2D eigenvalue weighted by atomic mass is 10.3. The van der Waals surface area contributed by atoms with Crippen molar-refractivity contribution in [3.05, 3.63) is 60.4 Å². The summed E-state index contributed by atoms with van der Waals surface area (Å²) in [6.07, 6.45) is 0. The van der Waals surface area contributed by atoms with Crippen LogP contribution in [0.5, 0.6) is 5.75 Å². The maximum Gasteiger partial charge on any atom is 0.238 e. The monoisotopic (exact) mass is 323 g/mol. The number of sulfonamides is 1. The highest BCUT2D eigenvalue weighted by molar-refractivity contribution is 7.92. The van der Waals surface area contributed by atoms with E-state index in [0.29, 0.717) is 18.0 Å². The number of anilines is 1. The van der Waals surface area contributed by atoms with E-state index in [1.807, 2.05) is 6.07 Å². The van der Waals surface area contributed by atoms with Gasteiger partial charge in [0.1, 0.15) is 23.9 Å². The van der Waals surface area contributed by atoms with Gasteiger partial charge in [0, 0.05) is 6.54 Å². The van der Waals surface area contributed by atoms with Crippen LogP contribution in [-0.4, -0.2) is 27.3 Å². The highest BCUT2D eigenvalue weighted by atomic mass is 32.2. The molecule has 22 heavy (non-hydrogen) atoms. The van der Waals surface area contributed by atoms with Gasteiger partial charge in [-0.05, 0) is 43.3 Å². The first-order chi connectivity index (χ1) is 10.5. The molecule has 0 saturated heterocycles. The topological polar surface area (TPSA) is 46.6 Å². The van der Waals surface area contributed by atoms with E-state index >= 15 is 0 Å². The van der Waals surface area contributed by atoms with Crippen molar-refractivity contribution in [2.24, 2.45) is 0 Å². The molecule has 0 atom stereocenters. The molecule has 2 rings (SSSR count). The third-order valence-corrected chi connectivity index (χ3v) is 4.91. The Hall–Kier alpha value is -2.08. The van der Waals surface area contributed by atoms with E-state index in [2.05, 4.69) is 0 Å². The van der Waals surface area contributed by atoms with Crippen LogP contribution in [0, 0.1) is 5.82 Å². The van der Waals surface area contributed by atoms with Gasteiger partial charge in [-0.2, -0.15) is 0 Å². The fourth-order valence-electron chi connectivity index (χ4n) is 2.04. The zero-order valence-corrected chi connectivity index (χ0v) is 13.1. The van der Waals surface area contributed by atoms with E-state index in [4.69, 9.17) is 4.74 Å². The number of hydrogen-bond donors (Lipinski definition) is 0. The van der Waals surface area contributed by atoms with Crippen molar-refractivity contribution in [2.75, 3.05) is 23.2 Å². The Kier molecular flexibility index (Phi) is 5.38. The van der Waals surface area contributed by atoms with Crippen molar-refractivity contribution in [1.82, 2.24) is 0 Å². The zero-order chi connectivity index (χ0) is 16.0. The van der Waals surface area contributed by atoms with Gasteiger partial charge in [-0.1, -0.05) is 18.2 Å². The fourth-order valence-corrected chi connectivity index (χ4v) is 3.39. The summed E-state index contributed by atoms with van der Waals surface area (Å²) in [5.74, 6) is -0.0619. The van der Waals surface area contributed by atoms with Gasteiger partial charge in [0.05, 0.1) is 5.69 Å². The molecule has 0 spiro atoms. The Morgan fingerprint density at radius 1 is 1.05 bits per heavy atom. The SMILES string of the molecule is CCN(c1ccccc1)S(=O)(=O)CCOc1ccc(F)cc1. The minimum absolute atomic E-state index is 0.0112. The molecule has 0 aliphatic carbocycles. The molecule has 6 heteroatoms. The molecule has 0 aliphatic heterocycles. The molecule has 0 saturated carbocycles. The van der Waals surface area contributed by atoms with Crippen molar-refractivity contribution in [3.63, 3.8) is 0 Å². The van der Waals surface area contributed by atoms with Crippen LogP contribution >= 0.6 is 0 Å². The summed E-state index contributed by atoms with van der Waals surface area (Å²) in [7, 11) is -3.47. The van der Waals surface area contributed by atoms with Crippen LogP contribution in [0.25, 0.3) is 0 Å². The second-order valence-corrected chi connectivity index (χ2v) is 6.63. The van der Waals surface area contributed by atoms with E-state index in [1.165, 1.54) is 28.6 Å². The summed E-state index contributed by atoms with van der Waals surface area (Å²) in [6.45, 7) is 2.14. The van der Waals surface area contributed by atoms with Crippen LogP contribution in [-0.2, 0) is 10.0 Å². The number of para-hydroxylation sites is 1. The van der Waals surface area contributed by atoms with E-state index in [1.54, 1.807) is 31.2 Å². The maximum atomic E-state index is 12.8. The van der Waals surface area contributed by atoms with Crippen LogP contribution < -0.4 is 9.04 Å². The van der Waals surface area contributed by atoms with Crippen LogP contribution in [0.15, 0.2) is 54.6 Å². The predicted octanol–water partition coefficient (Wildman–Crippen LogP) is 3.06. The molecule has 2 aromatic rings. The first-order valence-electron chi connectivity index (χ1n) is 6.97. The van der Waals surface area contributed by atoms with E-state index in [9.17, 15) is 12.8 Å². The molecule has 118 valence electrons. The molecule has 0 N–H and O–H groups in total. The molecule has 4 nitrogen and oxygen atoms in total. The van der Waals surface area contributed by atoms with E-state index < -0.39 is 10.0 Å². The lowest BCUT2D eigenvalue weighted by Gasteiger charge is -2.22. The Labute approximate surface area is 130 Å². The van der Waals surface area contributed by atoms with Crippen LogP contribution in [0.4, 0.5) is 10.1 Å². The summed E-state index contributed by atoms with van der Waals surface area (Å²) in [6, 6.07) is 14.4. The number of ether oxygens (including phenoxy) is 1. The highest BCUT2D eigenvalue weighted by Crippen LogP contribution is 2.18. The fraction of sp³-hybridized carbons (Fsp3) is 0.250. The molecule has 0 fully saturated rings. The van der Waals surface area contributed by atoms with Crippen molar-refractivity contribution in [1.29, 1.82) is 0 Å². The van der Waals surface area contributed by atoms with Gasteiger partial charge in [-0.15, -0.1) is 0 Å². The Morgan fingerprint density at radius 2 is 1.68 bits per heavy atom. The average Bonchev–Trinajstić information content (AvgIpc) is 2.51. The van der Waals surface area contributed by atoms with Gasteiger partial charge < -0.3 is 4.74 Å². The van der Waals surface area contributed by atoms with Gasteiger partial charge in [-0.25, -0.2) is 12.8 Å². The molecule has 0 amide bonds. The number of rotatable bonds is 7.